The fraction of sp³-hybridized carbons (Fsp3) is 0.125. The third-order valence-electron chi connectivity index (χ3n) is 5.23. The minimum Gasteiger partial charge on any atom is -0.508 e. The van der Waals surface area contributed by atoms with E-state index in [1.165, 1.54) is 36.3 Å². The molecule has 162 valence electrons. The monoisotopic (exact) mass is 450 g/mol. The Balaban J connectivity index is 1.87. The van der Waals surface area contributed by atoms with Crippen LogP contribution in [0.25, 0.3) is 5.76 Å². The normalized spacial score (nSPS) is 17.6. The van der Waals surface area contributed by atoms with Crippen molar-refractivity contribution in [2.75, 3.05) is 7.11 Å². The summed E-state index contributed by atoms with van der Waals surface area (Å²) >= 11 is 6.08. The Morgan fingerprint density at radius 3 is 2.53 bits per heavy atom. The number of aliphatic hydroxyl groups is 1. The largest absolute Gasteiger partial charge is 0.508 e. The number of ether oxygens (including phenoxy) is 1. The molecule has 0 bridgehead atoms. The van der Waals surface area contributed by atoms with Gasteiger partial charge in [0.15, 0.2) is 0 Å². The first-order valence-electron chi connectivity index (χ1n) is 9.72. The van der Waals surface area contributed by atoms with Crippen LogP contribution in [0.5, 0.6) is 11.5 Å². The standard InChI is InChI=1S/C24H19ClN2O5/c1-32-19-12-15(7-10-18(19)25)22(29)20-21(14-5-8-17(28)9-6-14)27(24(31)23(20)30)13-16-4-2-3-11-26-16/h2-12,21,28-29H,13H2,1H3/b22-20-. The zero-order valence-corrected chi connectivity index (χ0v) is 17.8. The number of carbonyl (C=O) groups is 2. The highest BCUT2D eigenvalue weighted by atomic mass is 35.5. The van der Waals surface area contributed by atoms with Gasteiger partial charge in [0, 0.05) is 11.8 Å². The van der Waals surface area contributed by atoms with Crippen molar-refractivity contribution >= 4 is 29.1 Å². The summed E-state index contributed by atoms with van der Waals surface area (Å²) in [6.45, 7) is 0.0671. The maximum absolute atomic E-state index is 13.1. The molecular weight excluding hydrogens is 432 g/mol. The minimum atomic E-state index is -0.876. The van der Waals surface area contributed by atoms with Crippen molar-refractivity contribution in [3.63, 3.8) is 0 Å². The summed E-state index contributed by atoms with van der Waals surface area (Å²) in [5.74, 6) is -1.56. The Morgan fingerprint density at radius 1 is 1.12 bits per heavy atom. The summed E-state index contributed by atoms with van der Waals surface area (Å²) in [6, 6.07) is 15.1. The van der Waals surface area contributed by atoms with Crippen molar-refractivity contribution in [2.45, 2.75) is 12.6 Å². The van der Waals surface area contributed by atoms with Gasteiger partial charge in [-0.15, -0.1) is 0 Å². The van der Waals surface area contributed by atoms with Crippen LogP contribution in [0, 0.1) is 0 Å². The van der Waals surface area contributed by atoms with Crippen LogP contribution in [0.15, 0.2) is 72.4 Å². The fourth-order valence-electron chi connectivity index (χ4n) is 3.68. The van der Waals surface area contributed by atoms with E-state index in [0.29, 0.717) is 22.0 Å². The van der Waals surface area contributed by atoms with Gasteiger partial charge >= 0.3 is 0 Å². The highest BCUT2D eigenvalue weighted by Crippen LogP contribution is 2.41. The summed E-state index contributed by atoms with van der Waals surface area (Å²) < 4.78 is 5.21. The number of hydrogen-bond acceptors (Lipinski definition) is 6. The number of Topliss-reactive ketones (excluding diaryl/α,β-unsaturated/α-hetero) is 1. The molecule has 0 radical (unpaired) electrons. The molecule has 1 unspecified atom stereocenters. The second-order valence-electron chi connectivity index (χ2n) is 7.19. The predicted molar refractivity (Wildman–Crippen MR) is 118 cm³/mol. The van der Waals surface area contributed by atoms with Crippen molar-refractivity contribution in [1.82, 2.24) is 9.88 Å². The molecule has 0 saturated carbocycles. The van der Waals surface area contributed by atoms with Gasteiger partial charge in [-0.05, 0) is 48.0 Å². The number of carbonyl (C=O) groups excluding carboxylic acids is 2. The number of phenolic OH excluding ortho intramolecular Hbond substituents is 1. The number of aliphatic hydroxyl groups excluding tert-OH is 1. The van der Waals surface area contributed by atoms with Crippen molar-refractivity contribution in [1.29, 1.82) is 0 Å². The number of likely N-dealkylation sites (tertiary alicyclic amines) is 1. The van der Waals surface area contributed by atoms with Crippen LogP contribution < -0.4 is 4.74 Å². The smallest absolute Gasteiger partial charge is 0.296 e. The molecule has 2 aromatic carbocycles. The topological polar surface area (TPSA) is 100.0 Å². The highest BCUT2D eigenvalue weighted by molar-refractivity contribution is 6.46. The first-order chi connectivity index (χ1) is 15.4. The number of halogens is 1. The van der Waals surface area contributed by atoms with Gasteiger partial charge < -0.3 is 19.8 Å². The lowest BCUT2D eigenvalue weighted by atomic mass is 9.95. The number of methoxy groups -OCH3 is 1. The van der Waals surface area contributed by atoms with E-state index in [4.69, 9.17) is 16.3 Å². The number of hydrogen-bond donors (Lipinski definition) is 2. The molecular formula is C24H19ClN2O5. The summed E-state index contributed by atoms with van der Waals surface area (Å²) in [7, 11) is 1.44. The second-order valence-corrected chi connectivity index (χ2v) is 7.60. The predicted octanol–water partition coefficient (Wildman–Crippen LogP) is 4.07. The van der Waals surface area contributed by atoms with Gasteiger partial charge in [-0.25, -0.2) is 0 Å². The van der Waals surface area contributed by atoms with Gasteiger partial charge in [0.25, 0.3) is 11.7 Å². The number of pyridine rings is 1. The van der Waals surface area contributed by atoms with E-state index in [1.807, 2.05) is 0 Å². The van der Waals surface area contributed by atoms with Crippen molar-refractivity contribution in [3.8, 4) is 11.5 Å². The Hall–Kier alpha value is -3.84. The first-order valence-corrected chi connectivity index (χ1v) is 10.1. The molecule has 1 fully saturated rings. The van der Waals surface area contributed by atoms with Gasteiger partial charge in [-0.3, -0.25) is 14.6 Å². The molecule has 4 rings (SSSR count). The Morgan fingerprint density at radius 2 is 1.88 bits per heavy atom. The average Bonchev–Trinajstić information content (AvgIpc) is 3.05. The Bertz CT molecular complexity index is 1210. The van der Waals surface area contributed by atoms with Crippen LogP contribution in [-0.2, 0) is 16.1 Å². The SMILES string of the molecule is COc1cc(/C(O)=C2/C(=O)C(=O)N(Cc3ccccn3)C2c2ccc(O)cc2)ccc1Cl. The van der Waals surface area contributed by atoms with Crippen molar-refractivity contribution in [2.24, 2.45) is 0 Å². The zero-order chi connectivity index (χ0) is 22.8. The second kappa shape index (κ2) is 8.72. The first kappa shape index (κ1) is 21.4. The van der Waals surface area contributed by atoms with Gasteiger partial charge in [0.2, 0.25) is 0 Å². The van der Waals surface area contributed by atoms with Gasteiger partial charge in [0.05, 0.1) is 36.0 Å². The van der Waals surface area contributed by atoms with Gasteiger partial charge in [-0.2, -0.15) is 0 Å². The van der Waals surface area contributed by atoms with Gasteiger partial charge in [-0.1, -0.05) is 29.8 Å². The number of amides is 1. The van der Waals surface area contributed by atoms with E-state index in [1.54, 1.807) is 42.6 Å². The lowest BCUT2D eigenvalue weighted by molar-refractivity contribution is -0.140. The molecule has 0 aliphatic carbocycles. The molecule has 1 amide bonds. The van der Waals surface area contributed by atoms with Crippen molar-refractivity contribution in [3.05, 3.63) is 94.3 Å². The molecule has 32 heavy (non-hydrogen) atoms. The van der Waals surface area contributed by atoms with Crippen LogP contribution in [0.1, 0.15) is 22.9 Å². The molecule has 1 saturated heterocycles. The summed E-state index contributed by atoms with van der Waals surface area (Å²) in [5.41, 5.74) is 1.36. The number of aromatic hydroxyl groups is 1. The third kappa shape index (κ3) is 3.90. The van der Waals surface area contributed by atoms with E-state index < -0.39 is 17.7 Å². The van der Waals surface area contributed by atoms with E-state index in [2.05, 4.69) is 4.98 Å². The molecule has 3 aromatic rings. The lowest BCUT2D eigenvalue weighted by Crippen LogP contribution is -2.29. The maximum Gasteiger partial charge on any atom is 0.296 e. The molecule has 7 nitrogen and oxygen atoms in total. The quantitative estimate of drug-likeness (QED) is 0.345. The molecule has 1 aromatic heterocycles. The number of nitrogens with zero attached hydrogens (tertiary/aromatic N) is 2. The summed E-state index contributed by atoms with van der Waals surface area (Å²) in [4.78, 5) is 31.7. The van der Waals surface area contributed by atoms with Crippen LogP contribution in [0.2, 0.25) is 5.02 Å². The van der Waals surface area contributed by atoms with E-state index >= 15 is 0 Å². The zero-order valence-electron chi connectivity index (χ0n) is 17.0. The number of aromatic nitrogens is 1. The molecule has 1 atom stereocenters. The van der Waals surface area contributed by atoms with Crippen LogP contribution >= 0.6 is 11.6 Å². The molecule has 1 aliphatic heterocycles. The minimum absolute atomic E-state index is 0.0397. The summed E-state index contributed by atoms with van der Waals surface area (Å²) in [5, 5.41) is 21.1. The Labute approximate surface area is 189 Å². The fourth-order valence-corrected chi connectivity index (χ4v) is 3.87. The number of rotatable bonds is 5. The molecule has 8 heteroatoms. The lowest BCUT2D eigenvalue weighted by Gasteiger charge is -2.25. The van der Waals surface area contributed by atoms with Crippen LogP contribution in [-0.4, -0.2) is 38.9 Å². The molecule has 2 N–H and O–H groups in total. The summed E-state index contributed by atoms with van der Waals surface area (Å²) in [6.07, 6.45) is 1.60. The van der Waals surface area contributed by atoms with E-state index in [9.17, 15) is 19.8 Å². The molecule has 2 heterocycles. The maximum atomic E-state index is 13.1. The number of phenols is 1. The third-order valence-corrected chi connectivity index (χ3v) is 5.54. The molecule has 1 aliphatic rings. The molecule has 0 spiro atoms. The highest BCUT2D eigenvalue weighted by Gasteiger charge is 2.46. The van der Waals surface area contributed by atoms with E-state index in [0.717, 1.165) is 0 Å². The number of benzene rings is 2. The Kier molecular flexibility index (Phi) is 5.83. The van der Waals surface area contributed by atoms with Crippen LogP contribution in [0.3, 0.4) is 0 Å². The van der Waals surface area contributed by atoms with Crippen LogP contribution in [0.4, 0.5) is 0 Å². The van der Waals surface area contributed by atoms with Crippen molar-refractivity contribution < 1.29 is 24.5 Å². The average molecular weight is 451 g/mol. The van der Waals surface area contributed by atoms with E-state index in [-0.39, 0.29) is 29.2 Å². The van der Waals surface area contributed by atoms with Gasteiger partial charge in [0.1, 0.15) is 17.3 Å². The number of ketones is 1.